The minimum atomic E-state index is -3.31. The topological polar surface area (TPSA) is 52.7 Å². The molecule has 1 aliphatic heterocycles. The van der Waals surface area contributed by atoms with Gasteiger partial charge in [-0.1, -0.05) is 19.1 Å². The van der Waals surface area contributed by atoms with Crippen molar-refractivity contribution in [2.45, 2.75) is 32.6 Å². The molecule has 23 heavy (non-hydrogen) atoms. The summed E-state index contributed by atoms with van der Waals surface area (Å²) in [5, 5.41) is 0. The lowest BCUT2D eigenvalue weighted by atomic mass is 10.0. The van der Waals surface area contributed by atoms with Gasteiger partial charge in [-0.15, -0.1) is 0 Å². The molecule has 0 amide bonds. The first kappa shape index (κ1) is 18.2. The lowest BCUT2D eigenvalue weighted by Gasteiger charge is -2.29. The molecule has 1 aliphatic rings. The molecule has 1 atom stereocenters. The van der Waals surface area contributed by atoms with Crippen LogP contribution in [-0.4, -0.2) is 46.5 Å². The maximum atomic E-state index is 12.3. The summed E-state index contributed by atoms with van der Waals surface area (Å²) < 4.78 is 28.9. The van der Waals surface area contributed by atoms with E-state index in [-0.39, 0.29) is 0 Å². The van der Waals surface area contributed by atoms with Gasteiger partial charge in [-0.3, -0.25) is 0 Å². The molecule has 1 saturated heterocycles. The highest BCUT2D eigenvalue weighted by Gasteiger charge is 2.26. The number of hydrogen-bond acceptors (Lipinski definition) is 3. The number of anilines is 1. The Morgan fingerprint density at radius 2 is 1.96 bits per heavy atom. The highest BCUT2D eigenvalue weighted by Crippen LogP contribution is 2.17. The maximum Gasteiger partial charge on any atom is 0.279 e. The average Bonchev–Trinajstić information content (AvgIpc) is 2.52. The maximum absolute atomic E-state index is 12.3. The van der Waals surface area contributed by atoms with E-state index in [0.29, 0.717) is 25.6 Å². The summed E-state index contributed by atoms with van der Waals surface area (Å²) in [6.45, 7) is 3.88. The summed E-state index contributed by atoms with van der Waals surface area (Å²) >= 11 is 0. The molecular formula is C17H29N3O2S. The zero-order valence-corrected chi connectivity index (χ0v) is 15.3. The van der Waals surface area contributed by atoms with Crippen LogP contribution in [0.3, 0.4) is 0 Å². The van der Waals surface area contributed by atoms with E-state index in [2.05, 4.69) is 40.8 Å². The fourth-order valence-electron chi connectivity index (χ4n) is 2.91. The lowest BCUT2D eigenvalue weighted by molar-refractivity contribution is 0.278. The highest BCUT2D eigenvalue weighted by molar-refractivity contribution is 7.87. The fourth-order valence-corrected chi connectivity index (χ4v) is 4.32. The predicted octanol–water partition coefficient (Wildman–Crippen LogP) is 2.25. The van der Waals surface area contributed by atoms with E-state index in [4.69, 9.17) is 0 Å². The smallest absolute Gasteiger partial charge is 0.279 e. The molecule has 0 saturated carbocycles. The van der Waals surface area contributed by atoms with Gasteiger partial charge in [0.05, 0.1) is 0 Å². The zero-order valence-electron chi connectivity index (χ0n) is 14.5. The van der Waals surface area contributed by atoms with Gasteiger partial charge in [0.15, 0.2) is 0 Å². The Morgan fingerprint density at radius 3 is 2.57 bits per heavy atom. The second-order valence-corrected chi connectivity index (χ2v) is 8.42. The van der Waals surface area contributed by atoms with Gasteiger partial charge in [0, 0.05) is 39.4 Å². The summed E-state index contributed by atoms with van der Waals surface area (Å²) in [5.74, 6) is 0.454. The normalized spacial score (nSPS) is 19.7. The second-order valence-electron chi connectivity index (χ2n) is 6.67. The van der Waals surface area contributed by atoms with Crippen LogP contribution in [0.1, 0.15) is 31.7 Å². The van der Waals surface area contributed by atoms with Crippen molar-refractivity contribution in [3.8, 4) is 0 Å². The number of hydrogen-bond donors (Lipinski definition) is 1. The number of nitrogens with one attached hydrogen (secondary N) is 1. The van der Waals surface area contributed by atoms with Crippen molar-refractivity contribution < 1.29 is 8.42 Å². The van der Waals surface area contributed by atoms with Crippen LogP contribution in [-0.2, 0) is 16.6 Å². The number of aryl methyl sites for hydroxylation is 1. The Balaban J connectivity index is 1.76. The molecule has 130 valence electrons. The van der Waals surface area contributed by atoms with Crippen LogP contribution >= 0.6 is 0 Å². The van der Waals surface area contributed by atoms with Crippen LogP contribution in [0.4, 0.5) is 5.69 Å². The number of piperidine rings is 1. The molecule has 0 radical (unpaired) electrons. The first-order valence-electron chi connectivity index (χ1n) is 8.39. The molecule has 2 rings (SSSR count). The van der Waals surface area contributed by atoms with Crippen LogP contribution < -0.4 is 9.62 Å². The molecule has 1 unspecified atom stereocenters. The first-order valence-corrected chi connectivity index (χ1v) is 9.83. The average molecular weight is 340 g/mol. The molecule has 6 heteroatoms. The summed E-state index contributed by atoms with van der Waals surface area (Å²) in [6.07, 6.45) is 3.77. The molecule has 0 bridgehead atoms. The molecule has 1 fully saturated rings. The van der Waals surface area contributed by atoms with Gasteiger partial charge in [0.25, 0.3) is 10.2 Å². The van der Waals surface area contributed by atoms with Crippen molar-refractivity contribution in [2.75, 3.05) is 38.6 Å². The quantitative estimate of drug-likeness (QED) is 0.775. The van der Waals surface area contributed by atoms with Crippen LogP contribution in [0, 0.1) is 5.92 Å². The Morgan fingerprint density at radius 1 is 1.26 bits per heavy atom. The van der Waals surface area contributed by atoms with Gasteiger partial charge in [-0.25, -0.2) is 4.72 Å². The van der Waals surface area contributed by atoms with Crippen molar-refractivity contribution in [1.82, 2.24) is 9.03 Å². The minimum absolute atomic E-state index is 0.454. The molecule has 0 aliphatic carbocycles. The van der Waals surface area contributed by atoms with Gasteiger partial charge in [-0.05, 0) is 49.3 Å². The standard InChI is InChI=1S/C17H29N3O2S/c1-15-6-5-13-20(14-15)23(21,22)18-12-4-7-16-8-10-17(11-9-16)19(2)3/h8-11,15,18H,4-7,12-14H2,1-3H3. The SMILES string of the molecule is CC1CCCN(S(=O)(=O)NCCCc2ccc(N(C)C)cc2)C1. The Kier molecular flexibility index (Phi) is 6.44. The molecule has 1 aromatic carbocycles. The van der Waals surface area contributed by atoms with Gasteiger partial charge in [0.2, 0.25) is 0 Å². The van der Waals surface area contributed by atoms with Crippen molar-refractivity contribution in [1.29, 1.82) is 0 Å². The molecule has 1 heterocycles. The molecule has 5 nitrogen and oxygen atoms in total. The Bertz CT molecular complexity index is 584. The summed E-state index contributed by atoms with van der Waals surface area (Å²) in [5.41, 5.74) is 2.41. The molecule has 0 spiro atoms. The second kappa shape index (κ2) is 8.13. The number of nitrogens with zero attached hydrogens (tertiary/aromatic N) is 2. The minimum Gasteiger partial charge on any atom is -0.378 e. The van der Waals surface area contributed by atoms with E-state index in [1.54, 1.807) is 4.31 Å². The van der Waals surface area contributed by atoms with E-state index in [1.807, 2.05) is 14.1 Å². The number of rotatable bonds is 7. The van der Waals surface area contributed by atoms with Crippen molar-refractivity contribution in [3.05, 3.63) is 29.8 Å². The Labute approximate surface area is 140 Å². The molecule has 1 N–H and O–H groups in total. The Hall–Kier alpha value is -1.11. The van der Waals surface area contributed by atoms with E-state index in [9.17, 15) is 8.42 Å². The van der Waals surface area contributed by atoms with Crippen molar-refractivity contribution in [2.24, 2.45) is 5.92 Å². The molecular weight excluding hydrogens is 310 g/mol. The lowest BCUT2D eigenvalue weighted by Crippen LogP contribution is -2.45. The van der Waals surface area contributed by atoms with E-state index in [0.717, 1.165) is 25.7 Å². The first-order chi connectivity index (χ1) is 10.9. The third-order valence-electron chi connectivity index (χ3n) is 4.34. The van der Waals surface area contributed by atoms with Crippen LogP contribution in [0.25, 0.3) is 0 Å². The third kappa shape index (κ3) is 5.48. The largest absolute Gasteiger partial charge is 0.378 e. The third-order valence-corrected chi connectivity index (χ3v) is 5.92. The monoisotopic (exact) mass is 339 g/mol. The van der Waals surface area contributed by atoms with Crippen molar-refractivity contribution in [3.63, 3.8) is 0 Å². The van der Waals surface area contributed by atoms with Gasteiger partial charge >= 0.3 is 0 Å². The van der Waals surface area contributed by atoms with E-state index >= 15 is 0 Å². The summed E-state index contributed by atoms with van der Waals surface area (Å²) in [4.78, 5) is 2.07. The summed E-state index contributed by atoms with van der Waals surface area (Å²) in [6, 6.07) is 8.40. The number of benzene rings is 1. The van der Waals surface area contributed by atoms with E-state index in [1.165, 1.54) is 11.3 Å². The van der Waals surface area contributed by atoms with Crippen molar-refractivity contribution >= 4 is 15.9 Å². The van der Waals surface area contributed by atoms with Crippen LogP contribution in [0.5, 0.6) is 0 Å². The predicted molar refractivity (Wildman–Crippen MR) is 96.0 cm³/mol. The molecule has 0 aromatic heterocycles. The molecule has 1 aromatic rings. The van der Waals surface area contributed by atoms with Gasteiger partial charge in [-0.2, -0.15) is 12.7 Å². The van der Waals surface area contributed by atoms with Gasteiger partial charge < -0.3 is 4.90 Å². The fraction of sp³-hybridized carbons (Fsp3) is 0.647. The highest BCUT2D eigenvalue weighted by atomic mass is 32.2. The van der Waals surface area contributed by atoms with Gasteiger partial charge in [0.1, 0.15) is 0 Å². The summed E-state index contributed by atoms with van der Waals surface area (Å²) in [7, 11) is 0.726. The van der Waals surface area contributed by atoms with Crippen LogP contribution in [0.15, 0.2) is 24.3 Å². The van der Waals surface area contributed by atoms with E-state index < -0.39 is 10.2 Å². The van der Waals surface area contributed by atoms with Crippen LogP contribution in [0.2, 0.25) is 0 Å². The zero-order chi connectivity index (χ0) is 16.9.